The van der Waals surface area contributed by atoms with Crippen LogP contribution in [0.25, 0.3) is 0 Å². The van der Waals surface area contributed by atoms with Gasteiger partial charge in [0.25, 0.3) is 5.56 Å². The number of hydrogen-bond donors (Lipinski definition) is 2. The number of aromatic nitrogens is 2. The van der Waals surface area contributed by atoms with Crippen LogP contribution in [0.2, 0.25) is 5.02 Å². The van der Waals surface area contributed by atoms with Gasteiger partial charge in [0.1, 0.15) is 10.7 Å². The number of phenolic OH excluding ortho intramolecular Hbond substituents is 1. The summed E-state index contributed by atoms with van der Waals surface area (Å²) in [7, 11) is 4.36. The highest BCUT2D eigenvalue weighted by Gasteiger charge is 2.10. The average molecular weight is 339 g/mol. The molecule has 2 rings (SSSR count). The zero-order valence-electron chi connectivity index (χ0n) is 12.7. The van der Waals surface area contributed by atoms with Crippen LogP contribution in [-0.4, -0.2) is 35.3 Å². The summed E-state index contributed by atoms with van der Waals surface area (Å²) in [6, 6.07) is 3.15. The molecule has 0 unspecified atom stereocenters. The molecular weight excluding hydrogens is 324 g/mol. The van der Waals surface area contributed by atoms with E-state index in [9.17, 15) is 9.90 Å². The van der Waals surface area contributed by atoms with E-state index in [1.54, 1.807) is 12.1 Å². The summed E-state index contributed by atoms with van der Waals surface area (Å²) in [5.74, 6) is 0.400. The molecule has 0 aliphatic rings. The van der Waals surface area contributed by atoms with Crippen molar-refractivity contribution in [1.29, 1.82) is 0 Å². The molecular formula is C14H15ClN4O4. The van der Waals surface area contributed by atoms with Crippen molar-refractivity contribution >= 4 is 23.5 Å². The average Bonchev–Trinajstić information content (AvgIpc) is 2.56. The van der Waals surface area contributed by atoms with Crippen molar-refractivity contribution in [2.24, 2.45) is 12.1 Å². The number of benzene rings is 1. The third-order valence-electron chi connectivity index (χ3n) is 2.98. The Morgan fingerprint density at radius 2 is 1.96 bits per heavy atom. The fraction of sp³-hybridized carbons (Fsp3) is 0.214. The van der Waals surface area contributed by atoms with Crippen molar-refractivity contribution in [3.63, 3.8) is 0 Å². The van der Waals surface area contributed by atoms with Crippen LogP contribution in [0.3, 0.4) is 0 Å². The fourth-order valence-corrected chi connectivity index (χ4v) is 1.97. The summed E-state index contributed by atoms with van der Waals surface area (Å²) in [5.41, 5.74) is 3.10. The summed E-state index contributed by atoms with van der Waals surface area (Å²) in [4.78, 5) is 11.6. The molecule has 0 aliphatic heterocycles. The first-order valence-corrected chi connectivity index (χ1v) is 6.81. The van der Waals surface area contributed by atoms with Crippen LogP contribution in [-0.2, 0) is 7.05 Å². The molecule has 2 N–H and O–H groups in total. The highest BCUT2D eigenvalue weighted by Crippen LogP contribution is 2.36. The second kappa shape index (κ2) is 7.01. The molecule has 9 heteroatoms. The maximum atomic E-state index is 11.6. The van der Waals surface area contributed by atoms with Crippen molar-refractivity contribution in [2.75, 3.05) is 19.6 Å². The van der Waals surface area contributed by atoms with Crippen LogP contribution < -0.4 is 20.5 Å². The second-order valence-electron chi connectivity index (χ2n) is 4.45. The van der Waals surface area contributed by atoms with Gasteiger partial charge in [0.2, 0.25) is 5.75 Å². The molecule has 0 atom stereocenters. The third-order valence-corrected chi connectivity index (χ3v) is 3.34. The molecule has 0 radical (unpaired) electrons. The Balaban J connectivity index is 2.24. The van der Waals surface area contributed by atoms with E-state index in [2.05, 4.69) is 15.6 Å². The number of hydrogen-bond acceptors (Lipinski definition) is 7. The lowest BCUT2D eigenvalue weighted by atomic mass is 10.2. The van der Waals surface area contributed by atoms with Crippen molar-refractivity contribution in [3.8, 4) is 17.2 Å². The highest BCUT2D eigenvalue weighted by atomic mass is 35.5. The predicted molar refractivity (Wildman–Crippen MR) is 86.9 cm³/mol. The summed E-state index contributed by atoms with van der Waals surface area (Å²) < 4.78 is 11.2. The molecule has 1 heterocycles. The number of aryl methyl sites for hydroxylation is 1. The summed E-state index contributed by atoms with van der Waals surface area (Å²) in [6.45, 7) is 0. The molecule has 0 fully saturated rings. The molecule has 0 aliphatic carbocycles. The Morgan fingerprint density at radius 3 is 2.52 bits per heavy atom. The van der Waals surface area contributed by atoms with Gasteiger partial charge in [-0.3, -0.25) is 10.2 Å². The molecule has 2 aromatic rings. The van der Waals surface area contributed by atoms with Gasteiger partial charge in [-0.1, -0.05) is 11.6 Å². The molecule has 122 valence electrons. The van der Waals surface area contributed by atoms with Gasteiger partial charge in [-0.05, 0) is 12.1 Å². The van der Waals surface area contributed by atoms with Gasteiger partial charge in [0.05, 0.1) is 26.6 Å². The first kappa shape index (κ1) is 16.6. The van der Waals surface area contributed by atoms with Gasteiger partial charge in [-0.15, -0.1) is 0 Å². The smallest absolute Gasteiger partial charge is 0.287 e. The number of ether oxygens (including phenoxy) is 2. The van der Waals surface area contributed by atoms with Crippen LogP contribution in [0.15, 0.2) is 28.2 Å². The minimum atomic E-state index is -0.431. The molecule has 1 aromatic heterocycles. The number of nitrogens with zero attached hydrogens (tertiary/aromatic N) is 3. The molecule has 23 heavy (non-hydrogen) atoms. The molecule has 1 aromatic carbocycles. The Hall–Kier alpha value is -2.74. The second-order valence-corrected chi connectivity index (χ2v) is 4.82. The van der Waals surface area contributed by atoms with Crippen LogP contribution in [0.5, 0.6) is 17.2 Å². The van der Waals surface area contributed by atoms with Gasteiger partial charge in [-0.2, -0.15) is 10.2 Å². The predicted octanol–water partition coefficient (Wildman–Crippen LogP) is 1.60. The molecule has 0 saturated carbocycles. The normalized spacial score (nSPS) is 10.8. The number of hydrazone groups is 1. The summed E-state index contributed by atoms with van der Waals surface area (Å²) in [6.07, 6.45) is 2.84. The number of anilines is 1. The van der Waals surface area contributed by atoms with Crippen molar-refractivity contribution < 1.29 is 14.6 Å². The van der Waals surface area contributed by atoms with E-state index in [4.69, 9.17) is 21.1 Å². The van der Waals surface area contributed by atoms with Crippen LogP contribution in [0.4, 0.5) is 5.69 Å². The lowest BCUT2D eigenvalue weighted by Gasteiger charge is -2.09. The van der Waals surface area contributed by atoms with Crippen LogP contribution in [0.1, 0.15) is 5.56 Å². The Kier molecular flexibility index (Phi) is 5.07. The molecule has 0 saturated heterocycles. The zero-order valence-corrected chi connectivity index (χ0v) is 13.5. The molecule has 0 bridgehead atoms. The zero-order chi connectivity index (χ0) is 17.0. The molecule has 8 nitrogen and oxygen atoms in total. The van der Waals surface area contributed by atoms with Crippen molar-refractivity contribution in [2.45, 2.75) is 0 Å². The van der Waals surface area contributed by atoms with Gasteiger partial charge >= 0.3 is 0 Å². The van der Waals surface area contributed by atoms with Crippen LogP contribution in [0, 0.1) is 0 Å². The SMILES string of the molecule is COc1cc(/C=N\Nc2cnn(C)c(=O)c2Cl)cc(OC)c1O. The van der Waals surface area contributed by atoms with Gasteiger partial charge in [-0.25, -0.2) is 4.68 Å². The number of halogens is 1. The third kappa shape index (κ3) is 3.54. The minimum absolute atomic E-state index is 0.0134. The van der Waals surface area contributed by atoms with E-state index >= 15 is 0 Å². The number of aromatic hydroxyl groups is 1. The quantitative estimate of drug-likeness (QED) is 0.635. The van der Waals surface area contributed by atoms with Gasteiger partial charge < -0.3 is 14.6 Å². The lowest BCUT2D eigenvalue weighted by molar-refractivity contribution is 0.340. The maximum absolute atomic E-state index is 11.6. The van der Waals surface area contributed by atoms with E-state index in [1.807, 2.05) is 0 Å². The summed E-state index contributed by atoms with van der Waals surface area (Å²) >= 11 is 5.91. The first-order chi connectivity index (χ1) is 11.0. The van der Waals surface area contributed by atoms with E-state index in [1.165, 1.54) is 33.7 Å². The fourth-order valence-electron chi connectivity index (χ4n) is 1.75. The van der Waals surface area contributed by atoms with Crippen molar-refractivity contribution in [3.05, 3.63) is 39.3 Å². The number of methoxy groups -OCH3 is 2. The summed E-state index contributed by atoms with van der Waals surface area (Å²) in [5, 5.41) is 17.6. The Morgan fingerprint density at radius 1 is 1.35 bits per heavy atom. The number of nitrogens with one attached hydrogen (secondary N) is 1. The maximum Gasteiger partial charge on any atom is 0.287 e. The van der Waals surface area contributed by atoms with Gasteiger partial charge in [0.15, 0.2) is 11.5 Å². The van der Waals surface area contributed by atoms with E-state index < -0.39 is 5.56 Å². The van der Waals surface area contributed by atoms with Crippen LogP contribution >= 0.6 is 11.6 Å². The largest absolute Gasteiger partial charge is 0.502 e. The lowest BCUT2D eigenvalue weighted by Crippen LogP contribution is -2.20. The van der Waals surface area contributed by atoms with E-state index in [0.717, 1.165) is 4.68 Å². The standard InChI is InChI=1S/C14H15ClN4O4/c1-19-14(21)12(15)9(7-17-19)18-16-6-8-4-10(22-2)13(20)11(5-8)23-3/h4-7,18,20H,1-3H3/b16-6-. The van der Waals surface area contributed by atoms with E-state index in [-0.39, 0.29) is 28.0 Å². The Bertz CT molecular complexity index is 779. The van der Waals surface area contributed by atoms with Crippen molar-refractivity contribution in [1.82, 2.24) is 9.78 Å². The molecule has 0 amide bonds. The van der Waals surface area contributed by atoms with E-state index in [0.29, 0.717) is 5.56 Å². The Labute approximate surface area is 136 Å². The topological polar surface area (TPSA) is 98.0 Å². The monoisotopic (exact) mass is 338 g/mol. The molecule has 0 spiro atoms. The van der Waals surface area contributed by atoms with Gasteiger partial charge in [0, 0.05) is 12.6 Å². The number of rotatable bonds is 5. The highest BCUT2D eigenvalue weighted by molar-refractivity contribution is 6.32. The first-order valence-electron chi connectivity index (χ1n) is 6.43. The number of phenols is 1. The minimum Gasteiger partial charge on any atom is -0.502 e.